The summed E-state index contributed by atoms with van der Waals surface area (Å²) < 4.78 is 5.51. The molecule has 4 rings (SSSR count). The number of hydrogen-bond acceptors (Lipinski definition) is 4. The van der Waals surface area contributed by atoms with Crippen LogP contribution in [0.3, 0.4) is 0 Å². The number of aromatic amines is 1. The molecule has 1 amide bonds. The molecule has 7 heteroatoms. The fraction of sp³-hybridized carbons (Fsp3) is 0.118. The number of carbonyl (C=O) groups is 1. The van der Waals surface area contributed by atoms with Gasteiger partial charge in [-0.3, -0.25) is 14.9 Å². The topological polar surface area (TPSA) is 88.5 Å². The van der Waals surface area contributed by atoms with Gasteiger partial charge in [0.05, 0.1) is 17.2 Å². The number of nitrogens with zero attached hydrogens (tertiary/aromatic N) is 2. The molecule has 1 aromatic heterocycles. The predicted molar refractivity (Wildman–Crippen MR) is 88.6 cm³/mol. The third-order valence-corrected chi connectivity index (χ3v) is 4.06. The molecule has 2 aromatic carbocycles. The van der Waals surface area contributed by atoms with Crippen LogP contribution in [0.4, 0.5) is 11.4 Å². The molecule has 120 valence electrons. The SMILES string of the molecule is O=C(c1ccc2cc[nH]c2c1)N1CCOc2ccc([N+](=O)[O-])cc21. The third-order valence-electron chi connectivity index (χ3n) is 4.06. The summed E-state index contributed by atoms with van der Waals surface area (Å²) in [5.74, 6) is 0.262. The number of non-ortho nitro benzene ring substituents is 1. The number of anilines is 1. The summed E-state index contributed by atoms with van der Waals surface area (Å²) in [4.78, 5) is 28.0. The van der Waals surface area contributed by atoms with Gasteiger partial charge in [0.25, 0.3) is 11.6 Å². The van der Waals surface area contributed by atoms with E-state index in [0.29, 0.717) is 30.2 Å². The predicted octanol–water partition coefficient (Wildman–Crippen LogP) is 3.12. The Balaban J connectivity index is 1.75. The van der Waals surface area contributed by atoms with Crippen LogP contribution in [-0.2, 0) is 0 Å². The summed E-state index contributed by atoms with van der Waals surface area (Å²) in [6, 6.07) is 11.6. The molecule has 1 aliphatic heterocycles. The maximum absolute atomic E-state index is 12.9. The van der Waals surface area contributed by atoms with Crippen molar-refractivity contribution in [2.45, 2.75) is 0 Å². The first-order valence-corrected chi connectivity index (χ1v) is 7.44. The molecule has 0 radical (unpaired) electrons. The molecule has 7 nitrogen and oxygen atoms in total. The first-order chi connectivity index (χ1) is 11.6. The van der Waals surface area contributed by atoms with E-state index in [1.54, 1.807) is 12.1 Å². The highest BCUT2D eigenvalue weighted by molar-refractivity contribution is 6.08. The second-order valence-electron chi connectivity index (χ2n) is 5.49. The third kappa shape index (κ3) is 2.26. The van der Waals surface area contributed by atoms with Gasteiger partial charge >= 0.3 is 0 Å². The van der Waals surface area contributed by atoms with Gasteiger partial charge in [-0.25, -0.2) is 0 Å². The molecule has 0 spiro atoms. The van der Waals surface area contributed by atoms with Crippen molar-refractivity contribution in [3.63, 3.8) is 0 Å². The molecule has 0 aliphatic carbocycles. The smallest absolute Gasteiger partial charge is 0.271 e. The number of ether oxygens (including phenoxy) is 1. The average molecular weight is 323 g/mol. The lowest BCUT2D eigenvalue weighted by molar-refractivity contribution is -0.384. The van der Waals surface area contributed by atoms with Crippen LogP contribution in [0.25, 0.3) is 10.9 Å². The van der Waals surface area contributed by atoms with Crippen LogP contribution >= 0.6 is 0 Å². The number of rotatable bonds is 2. The van der Waals surface area contributed by atoms with Gasteiger partial charge in [0, 0.05) is 29.4 Å². The Bertz CT molecular complexity index is 963. The van der Waals surface area contributed by atoms with Gasteiger partial charge in [-0.2, -0.15) is 0 Å². The number of nitro groups is 1. The molecule has 3 aromatic rings. The lowest BCUT2D eigenvalue weighted by Gasteiger charge is -2.29. The number of carbonyl (C=O) groups excluding carboxylic acids is 1. The van der Waals surface area contributed by atoms with Crippen LogP contribution in [0.15, 0.2) is 48.7 Å². The van der Waals surface area contributed by atoms with Gasteiger partial charge in [-0.1, -0.05) is 6.07 Å². The van der Waals surface area contributed by atoms with Crippen LogP contribution in [-0.4, -0.2) is 29.0 Å². The number of benzene rings is 2. The number of amides is 1. The molecule has 0 saturated heterocycles. The largest absolute Gasteiger partial charge is 0.490 e. The Labute approximate surface area is 136 Å². The van der Waals surface area contributed by atoms with E-state index in [2.05, 4.69) is 4.98 Å². The zero-order valence-corrected chi connectivity index (χ0v) is 12.6. The second kappa shape index (κ2) is 5.38. The van der Waals surface area contributed by atoms with Crippen LogP contribution in [0.1, 0.15) is 10.4 Å². The summed E-state index contributed by atoms with van der Waals surface area (Å²) in [7, 11) is 0. The van der Waals surface area contributed by atoms with Crippen molar-refractivity contribution in [1.29, 1.82) is 0 Å². The molecule has 0 atom stereocenters. The maximum Gasteiger partial charge on any atom is 0.271 e. The van der Waals surface area contributed by atoms with E-state index in [1.807, 2.05) is 18.3 Å². The minimum atomic E-state index is -0.484. The molecular weight excluding hydrogens is 310 g/mol. The molecule has 1 aliphatic rings. The van der Waals surface area contributed by atoms with Crippen molar-refractivity contribution in [1.82, 2.24) is 4.98 Å². The van der Waals surface area contributed by atoms with Crippen molar-refractivity contribution < 1.29 is 14.5 Å². The number of nitrogens with one attached hydrogen (secondary N) is 1. The van der Waals surface area contributed by atoms with Crippen LogP contribution in [0, 0.1) is 10.1 Å². The number of aromatic nitrogens is 1. The Kier molecular flexibility index (Phi) is 3.19. The average Bonchev–Trinajstić information content (AvgIpc) is 3.07. The second-order valence-corrected chi connectivity index (χ2v) is 5.49. The van der Waals surface area contributed by atoms with Crippen molar-refractivity contribution in [3.8, 4) is 5.75 Å². The van der Waals surface area contributed by atoms with Gasteiger partial charge < -0.3 is 14.6 Å². The summed E-state index contributed by atoms with van der Waals surface area (Å²) in [6.45, 7) is 0.692. The summed E-state index contributed by atoms with van der Waals surface area (Å²) in [6.07, 6.45) is 1.81. The van der Waals surface area contributed by atoms with E-state index < -0.39 is 4.92 Å². The standard InChI is InChI=1S/C17H13N3O4/c21-17(12-2-1-11-5-6-18-14(11)9-12)19-7-8-24-16-4-3-13(20(22)23)10-15(16)19/h1-6,9-10,18H,7-8H2. The molecule has 0 fully saturated rings. The highest BCUT2D eigenvalue weighted by Crippen LogP contribution is 2.35. The van der Waals surface area contributed by atoms with E-state index >= 15 is 0 Å². The number of H-pyrrole nitrogens is 1. The number of nitro benzene ring substituents is 1. The van der Waals surface area contributed by atoms with Gasteiger partial charge in [0.15, 0.2) is 0 Å². The van der Waals surface area contributed by atoms with Crippen LogP contribution in [0.5, 0.6) is 5.75 Å². The lowest BCUT2D eigenvalue weighted by Crippen LogP contribution is -2.38. The van der Waals surface area contributed by atoms with Gasteiger partial charge in [0.2, 0.25) is 0 Å². The minimum absolute atomic E-state index is 0.0723. The Morgan fingerprint density at radius 3 is 2.92 bits per heavy atom. The maximum atomic E-state index is 12.9. The Morgan fingerprint density at radius 2 is 2.08 bits per heavy atom. The number of hydrogen-bond donors (Lipinski definition) is 1. The number of fused-ring (bicyclic) bond motifs is 2. The van der Waals surface area contributed by atoms with Gasteiger partial charge in [0.1, 0.15) is 12.4 Å². The van der Waals surface area contributed by atoms with Crippen LogP contribution < -0.4 is 9.64 Å². The van der Waals surface area contributed by atoms with E-state index in [-0.39, 0.29) is 11.6 Å². The lowest BCUT2D eigenvalue weighted by atomic mass is 10.1. The summed E-state index contributed by atoms with van der Waals surface area (Å²) >= 11 is 0. The van der Waals surface area contributed by atoms with Crippen molar-refractivity contribution in [2.75, 3.05) is 18.1 Å². The van der Waals surface area contributed by atoms with E-state index in [4.69, 9.17) is 4.74 Å². The minimum Gasteiger partial charge on any atom is -0.490 e. The van der Waals surface area contributed by atoms with E-state index in [1.165, 1.54) is 23.1 Å². The van der Waals surface area contributed by atoms with Crippen molar-refractivity contribution >= 4 is 28.2 Å². The fourth-order valence-electron chi connectivity index (χ4n) is 2.87. The summed E-state index contributed by atoms with van der Waals surface area (Å²) in [5, 5.41) is 12.0. The van der Waals surface area contributed by atoms with E-state index in [9.17, 15) is 14.9 Å². The molecule has 1 N–H and O–H groups in total. The first-order valence-electron chi connectivity index (χ1n) is 7.44. The molecule has 0 saturated carbocycles. The Morgan fingerprint density at radius 1 is 1.21 bits per heavy atom. The molecule has 0 bridgehead atoms. The normalized spacial score (nSPS) is 13.4. The van der Waals surface area contributed by atoms with Gasteiger partial charge in [-0.05, 0) is 29.7 Å². The monoisotopic (exact) mass is 323 g/mol. The zero-order valence-electron chi connectivity index (χ0n) is 12.6. The molecular formula is C17H13N3O4. The van der Waals surface area contributed by atoms with E-state index in [0.717, 1.165) is 10.9 Å². The highest BCUT2D eigenvalue weighted by atomic mass is 16.6. The fourth-order valence-corrected chi connectivity index (χ4v) is 2.87. The van der Waals surface area contributed by atoms with Gasteiger partial charge in [-0.15, -0.1) is 0 Å². The van der Waals surface area contributed by atoms with Crippen molar-refractivity contribution in [2.24, 2.45) is 0 Å². The van der Waals surface area contributed by atoms with Crippen molar-refractivity contribution in [3.05, 3.63) is 64.3 Å². The Hall–Kier alpha value is -3.35. The van der Waals surface area contributed by atoms with Crippen LogP contribution in [0.2, 0.25) is 0 Å². The zero-order chi connectivity index (χ0) is 16.7. The molecule has 24 heavy (non-hydrogen) atoms. The first kappa shape index (κ1) is 14.3. The molecule has 2 heterocycles. The highest BCUT2D eigenvalue weighted by Gasteiger charge is 2.27. The summed E-state index contributed by atoms with van der Waals surface area (Å²) in [5.41, 5.74) is 1.74. The quantitative estimate of drug-likeness (QED) is 0.579. The molecule has 0 unspecified atom stereocenters.